The van der Waals surface area contributed by atoms with Gasteiger partial charge in [0.1, 0.15) is 5.82 Å². The molecule has 21 heavy (non-hydrogen) atoms. The summed E-state index contributed by atoms with van der Waals surface area (Å²) >= 11 is 7.35. The SMILES string of the molecule is O=C(CSc1ccncc1)NCCc1c(F)cccc1Cl. The van der Waals surface area contributed by atoms with Crippen LogP contribution in [0, 0.1) is 5.82 Å². The highest BCUT2D eigenvalue weighted by Gasteiger charge is 2.08. The van der Waals surface area contributed by atoms with Gasteiger partial charge in [0.05, 0.1) is 5.75 Å². The number of carbonyl (C=O) groups excluding carboxylic acids is 1. The van der Waals surface area contributed by atoms with Crippen molar-refractivity contribution in [3.63, 3.8) is 0 Å². The summed E-state index contributed by atoms with van der Waals surface area (Å²) < 4.78 is 13.5. The zero-order valence-corrected chi connectivity index (χ0v) is 12.8. The van der Waals surface area contributed by atoms with Crippen molar-refractivity contribution in [3.05, 3.63) is 59.1 Å². The molecule has 0 aliphatic heterocycles. The largest absolute Gasteiger partial charge is 0.355 e. The van der Waals surface area contributed by atoms with E-state index in [4.69, 9.17) is 11.6 Å². The summed E-state index contributed by atoms with van der Waals surface area (Å²) in [4.78, 5) is 16.6. The van der Waals surface area contributed by atoms with E-state index in [0.717, 1.165) is 4.90 Å². The summed E-state index contributed by atoms with van der Waals surface area (Å²) in [5.41, 5.74) is 0.432. The monoisotopic (exact) mass is 324 g/mol. The van der Waals surface area contributed by atoms with Gasteiger partial charge in [-0.25, -0.2) is 4.39 Å². The third kappa shape index (κ3) is 5.02. The number of amides is 1. The molecule has 1 N–H and O–H groups in total. The highest BCUT2D eigenvalue weighted by atomic mass is 35.5. The second-order valence-corrected chi connectivity index (χ2v) is 5.73. The maximum atomic E-state index is 13.5. The van der Waals surface area contributed by atoms with E-state index in [0.29, 0.717) is 29.3 Å². The zero-order valence-electron chi connectivity index (χ0n) is 11.2. The molecule has 0 radical (unpaired) electrons. The summed E-state index contributed by atoms with van der Waals surface area (Å²) in [7, 11) is 0. The van der Waals surface area contributed by atoms with Crippen molar-refractivity contribution in [2.45, 2.75) is 11.3 Å². The molecule has 0 aliphatic carbocycles. The molecule has 2 aromatic rings. The van der Waals surface area contributed by atoms with Crippen molar-refractivity contribution in [1.82, 2.24) is 10.3 Å². The molecular weight excluding hydrogens is 311 g/mol. The Balaban J connectivity index is 1.75. The highest BCUT2D eigenvalue weighted by molar-refractivity contribution is 8.00. The molecule has 3 nitrogen and oxygen atoms in total. The number of nitrogens with one attached hydrogen (secondary N) is 1. The summed E-state index contributed by atoms with van der Waals surface area (Å²) in [5, 5.41) is 3.14. The Labute approximate surface area is 131 Å². The predicted molar refractivity (Wildman–Crippen MR) is 83.1 cm³/mol. The van der Waals surface area contributed by atoms with Crippen LogP contribution < -0.4 is 5.32 Å². The van der Waals surface area contributed by atoms with Crippen LogP contribution in [0.5, 0.6) is 0 Å². The Morgan fingerprint density at radius 3 is 2.76 bits per heavy atom. The molecule has 1 aromatic heterocycles. The second-order valence-electron chi connectivity index (χ2n) is 4.27. The molecule has 0 fully saturated rings. The van der Waals surface area contributed by atoms with Crippen LogP contribution in [0.25, 0.3) is 0 Å². The summed E-state index contributed by atoms with van der Waals surface area (Å²) in [5.74, 6) is -0.123. The van der Waals surface area contributed by atoms with Gasteiger partial charge in [-0.2, -0.15) is 0 Å². The van der Waals surface area contributed by atoms with Gasteiger partial charge in [-0.1, -0.05) is 17.7 Å². The van der Waals surface area contributed by atoms with Crippen molar-refractivity contribution < 1.29 is 9.18 Å². The first-order valence-corrected chi connectivity index (χ1v) is 7.75. The van der Waals surface area contributed by atoms with Crippen molar-refractivity contribution in [2.75, 3.05) is 12.3 Å². The van der Waals surface area contributed by atoms with Crippen molar-refractivity contribution in [3.8, 4) is 0 Å². The number of thioether (sulfide) groups is 1. The van der Waals surface area contributed by atoms with Gasteiger partial charge in [-0.3, -0.25) is 9.78 Å². The first-order chi connectivity index (χ1) is 10.2. The Kier molecular flexibility index (Phi) is 6.02. The van der Waals surface area contributed by atoms with Crippen LogP contribution in [-0.4, -0.2) is 23.2 Å². The number of hydrogen-bond acceptors (Lipinski definition) is 3. The molecule has 6 heteroatoms. The fourth-order valence-corrected chi connectivity index (χ4v) is 2.70. The molecule has 1 heterocycles. The lowest BCUT2D eigenvalue weighted by Crippen LogP contribution is -2.27. The number of aromatic nitrogens is 1. The van der Waals surface area contributed by atoms with E-state index in [-0.39, 0.29) is 11.7 Å². The Bertz CT molecular complexity index is 590. The first-order valence-electron chi connectivity index (χ1n) is 6.39. The molecule has 0 aliphatic rings. The molecule has 1 amide bonds. The molecule has 0 saturated heterocycles. The van der Waals surface area contributed by atoms with E-state index in [2.05, 4.69) is 10.3 Å². The minimum atomic E-state index is -0.345. The number of halogens is 2. The van der Waals surface area contributed by atoms with Crippen LogP contribution in [-0.2, 0) is 11.2 Å². The van der Waals surface area contributed by atoms with Crippen LogP contribution in [0.2, 0.25) is 5.02 Å². The normalized spacial score (nSPS) is 10.4. The lowest BCUT2D eigenvalue weighted by molar-refractivity contribution is -0.118. The van der Waals surface area contributed by atoms with Crippen LogP contribution >= 0.6 is 23.4 Å². The number of benzene rings is 1. The van der Waals surface area contributed by atoms with E-state index in [9.17, 15) is 9.18 Å². The molecule has 0 spiro atoms. The van der Waals surface area contributed by atoms with Gasteiger partial charge in [0.2, 0.25) is 5.91 Å². The average molecular weight is 325 g/mol. The molecule has 0 saturated carbocycles. The first kappa shape index (κ1) is 15.8. The van der Waals surface area contributed by atoms with Gasteiger partial charge in [0.25, 0.3) is 0 Å². The Morgan fingerprint density at radius 2 is 2.05 bits per heavy atom. The van der Waals surface area contributed by atoms with E-state index in [1.807, 2.05) is 12.1 Å². The maximum absolute atomic E-state index is 13.5. The van der Waals surface area contributed by atoms with Crippen molar-refractivity contribution >= 4 is 29.3 Å². The van der Waals surface area contributed by atoms with Crippen molar-refractivity contribution in [2.24, 2.45) is 0 Å². The summed E-state index contributed by atoms with van der Waals surface area (Å²) in [6.07, 6.45) is 3.73. The number of nitrogens with zero attached hydrogens (tertiary/aromatic N) is 1. The standard InChI is InChI=1S/C15H14ClFN2OS/c16-13-2-1-3-14(17)12(13)6-9-19-15(20)10-21-11-4-7-18-8-5-11/h1-5,7-8H,6,9-10H2,(H,19,20). The number of pyridine rings is 1. The number of rotatable bonds is 6. The molecular formula is C15H14ClFN2OS. The van der Waals surface area contributed by atoms with Gasteiger partial charge in [-0.15, -0.1) is 11.8 Å². The lowest BCUT2D eigenvalue weighted by Gasteiger charge is -2.07. The Morgan fingerprint density at radius 1 is 1.29 bits per heavy atom. The minimum Gasteiger partial charge on any atom is -0.355 e. The molecule has 0 unspecified atom stereocenters. The molecule has 0 atom stereocenters. The van der Waals surface area contributed by atoms with E-state index < -0.39 is 0 Å². The number of hydrogen-bond donors (Lipinski definition) is 1. The smallest absolute Gasteiger partial charge is 0.230 e. The molecule has 0 bridgehead atoms. The zero-order chi connectivity index (χ0) is 15.1. The number of carbonyl (C=O) groups is 1. The lowest BCUT2D eigenvalue weighted by atomic mass is 10.1. The van der Waals surface area contributed by atoms with Gasteiger partial charge >= 0.3 is 0 Å². The van der Waals surface area contributed by atoms with E-state index in [1.54, 1.807) is 24.5 Å². The van der Waals surface area contributed by atoms with Gasteiger partial charge in [-0.05, 0) is 30.7 Å². The second kappa shape index (κ2) is 8.00. The topological polar surface area (TPSA) is 42.0 Å². The Hall–Kier alpha value is -1.59. The van der Waals surface area contributed by atoms with Crippen LogP contribution in [0.15, 0.2) is 47.6 Å². The average Bonchev–Trinajstić information content (AvgIpc) is 2.49. The van der Waals surface area contributed by atoms with Gasteiger partial charge < -0.3 is 5.32 Å². The fourth-order valence-electron chi connectivity index (χ4n) is 1.73. The predicted octanol–water partition coefficient (Wildman–Crippen LogP) is 3.33. The van der Waals surface area contributed by atoms with Crippen molar-refractivity contribution in [1.29, 1.82) is 0 Å². The van der Waals surface area contributed by atoms with Gasteiger partial charge in [0.15, 0.2) is 0 Å². The third-order valence-electron chi connectivity index (χ3n) is 2.78. The fraction of sp³-hybridized carbons (Fsp3) is 0.200. The van der Waals surface area contributed by atoms with E-state index >= 15 is 0 Å². The molecule has 110 valence electrons. The van der Waals surface area contributed by atoms with Gasteiger partial charge in [0, 0.05) is 34.4 Å². The minimum absolute atomic E-state index is 0.0933. The maximum Gasteiger partial charge on any atom is 0.230 e. The molecule has 2 rings (SSSR count). The van der Waals surface area contributed by atoms with E-state index in [1.165, 1.54) is 17.8 Å². The summed E-state index contributed by atoms with van der Waals surface area (Å²) in [6, 6.07) is 8.25. The van der Waals surface area contributed by atoms with Crippen LogP contribution in [0.4, 0.5) is 4.39 Å². The van der Waals surface area contributed by atoms with Crippen LogP contribution in [0.1, 0.15) is 5.56 Å². The molecule has 1 aromatic carbocycles. The third-order valence-corrected chi connectivity index (χ3v) is 4.14. The quantitative estimate of drug-likeness (QED) is 0.829. The highest BCUT2D eigenvalue weighted by Crippen LogP contribution is 2.19. The summed E-state index contributed by atoms with van der Waals surface area (Å²) in [6.45, 7) is 0.358. The van der Waals surface area contributed by atoms with Crippen LogP contribution in [0.3, 0.4) is 0 Å².